The van der Waals surface area contributed by atoms with Gasteiger partial charge in [0.25, 0.3) is 0 Å². The highest BCUT2D eigenvalue weighted by atomic mass is 15.3. The topological polar surface area (TPSA) is 21.1 Å². The van der Waals surface area contributed by atoms with Gasteiger partial charge in [-0.1, -0.05) is 46.0 Å². The van der Waals surface area contributed by atoms with Crippen molar-refractivity contribution < 1.29 is 0 Å². The molecule has 0 unspecified atom stereocenters. The van der Waals surface area contributed by atoms with Crippen molar-refractivity contribution in [1.29, 1.82) is 0 Å². The number of nitrogens with zero attached hydrogens (tertiary/aromatic N) is 3. The molecule has 3 heteroatoms. The van der Waals surface area contributed by atoms with Gasteiger partial charge in [0.1, 0.15) is 0 Å². The first-order valence-corrected chi connectivity index (χ1v) is 9.49. The second-order valence-corrected chi connectivity index (χ2v) is 7.77. The van der Waals surface area contributed by atoms with Gasteiger partial charge in [-0.25, -0.2) is 0 Å². The van der Waals surface area contributed by atoms with E-state index >= 15 is 0 Å². The van der Waals surface area contributed by atoms with Gasteiger partial charge in [-0.05, 0) is 43.2 Å². The first kappa shape index (κ1) is 16.0. The summed E-state index contributed by atoms with van der Waals surface area (Å²) in [5.74, 6) is 1.61. The lowest BCUT2D eigenvalue weighted by Crippen LogP contribution is -2.36. The van der Waals surface area contributed by atoms with Crippen LogP contribution < -0.4 is 0 Å². The third-order valence-corrected chi connectivity index (χ3v) is 5.80. The van der Waals surface area contributed by atoms with Crippen LogP contribution >= 0.6 is 0 Å². The molecule has 22 heavy (non-hydrogen) atoms. The van der Waals surface area contributed by atoms with Crippen LogP contribution in [0.5, 0.6) is 0 Å². The molecule has 124 valence electrons. The minimum absolute atomic E-state index is 0.587. The molecule has 1 aromatic heterocycles. The van der Waals surface area contributed by atoms with E-state index in [1.165, 1.54) is 76.6 Å². The summed E-state index contributed by atoms with van der Waals surface area (Å²) in [6, 6.07) is 0.624. The molecule has 0 spiro atoms. The second kappa shape index (κ2) is 7.63. The smallest absolute Gasteiger partial charge is 0.0543 e. The number of piperidine rings is 1. The van der Waals surface area contributed by atoms with Crippen LogP contribution in [0.25, 0.3) is 0 Å². The molecule has 1 aromatic rings. The largest absolute Gasteiger partial charge is 0.303 e. The molecule has 3 nitrogen and oxygen atoms in total. The van der Waals surface area contributed by atoms with E-state index in [0.29, 0.717) is 12.0 Å². The van der Waals surface area contributed by atoms with Gasteiger partial charge in [0, 0.05) is 19.3 Å². The fourth-order valence-electron chi connectivity index (χ4n) is 4.10. The Morgan fingerprint density at radius 2 is 1.82 bits per heavy atom. The third kappa shape index (κ3) is 4.13. The molecule has 2 aliphatic rings. The lowest BCUT2D eigenvalue weighted by molar-refractivity contribution is 0.164. The highest BCUT2D eigenvalue weighted by molar-refractivity contribution is 5.09. The van der Waals surface area contributed by atoms with Gasteiger partial charge in [0.05, 0.1) is 12.2 Å². The van der Waals surface area contributed by atoms with Crippen LogP contribution in [0.15, 0.2) is 12.4 Å². The van der Waals surface area contributed by atoms with Crippen LogP contribution in [0.1, 0.15) is 82.7 Å². The fraction of sp³-hybridized carbons (Fsp3) is 0.842. The molecule has 0 N–H and O–H groups in total. The first-order valence-electron chi connectivity index (χ1n) is 9.49. The van der Waals surface area contributed by atoms with E-state index in [1.807, 2.05) is 0 Å². The first-order chi connectivity index (χ1) is 10.7. The zero-order chi connectivity index (χ0) is 15.4. The Hall–Kier alpha value is -0.830. The van der Waals surface area contributed by atoms with Crippen molar-refractivity contribution >= 4 is 0 Å². The van der Waals surface area contributed by atoms with Gasteiger partial charge in [-0.15, -0.1) is 0 Å². The van der Waals surface area contributed by atoms with E-state index in [9.17, 15) is 0 Å². The molecule has 1 saturated carbocycles. The number of hydrogen-bond acceptors (Lipinski definition) is 2. The van der Waals surface area contributed by atoms with E-state index in [-0.39, 0.29) is 0 Å². The lowest BCUT2D eigenvalue weighted by Gasteiger charge is -2.33. The zero-order valence-electron chi connectivity index (χ0n) is 14.5. The minimum atomic E-state index is 0.587. The van der Waals surface area contributed by atoms with Crippen molar-refractivity contribution in [3.8, 4) is 0 Å². The SMILES string of the molecule is CC(C)c1cnn(C2CCN(CCC3CCCCC3)CC2)c1. The summed E-state index contributed by atoms with van der Waals surface area (Å²) in [4.78, 5) is 2.69. The molecule has 2 heterocycles. The summed E-state index contributed by atoms with van der Waals surface area (Å²) >= 11 is 0. The third-order valence-electron chi connectivity index (χ3n) is 5.80. The van der Waals surface area contributed by atoms with Crippen molar-refractivity contribution in [2.45, 2.75) is 77.2 Å². The summed E-state index contributed by atoms with van der Waals surface area (Å²) in [5.41, 5.74) is 1.37. The maximum Gasteiger partial charge on any atom is 0.0543 e. The molecule has 0 amide bonds. The van der Waals surface area contributed by atoms with Crippen LogP contribution in [-0.2, 0) is 0 Å². The Morgan fingerprint density at radius 1 is 1.09 bits per heavy atom. The summed E-state index contributed by atoms with van der Waals surface area (Å²) < 4.78 is 2.23. The van der Waals surface area contributed by atoms with Gasteiger partial charge in [0.15, 0.2) is 0 Å². The molecule has 0 bridgehead atoms. The van der Waals surface area contributed by atoms with Crippen LogP contribution in [0, 0.1) is 5.92 Å². The van der Waals surface area contributed by atoms with E-state index in [0.717, 1.165) is 5.92 Å². The van der Waals surface area contributed by atoms with Crippen molar-refractivity contribution in [2.75, 3.05) is 19.6 Å². The minimum Gasteiger partial charge on any atom is -0.303 e. The predicted octanol–water partition coefficient (Wildman–Crippen LogP) is 4.61. The normalized spacial score (nSPS) is 22.5. The van der Waals surface area contributed by atoms with Crippen molar-refractivity contribution in [3.05, 3.63) is 18.0 Å². The summed E-state index contributed by atoms with van der Waals surface area (Å²) in [7, 11) is 0. The standard InChI is InChI=1S/C19H33N3/c1-16(2)18-14-20-22(15-18)19-9-12-21(13-10-19)11-8-17-6-4-3-5-7-17/h14-17,19H,3-13H2,1-2H3. The molecule has 1 aliphatic carbocycles. The zero-order valence-corrected chi connectivity index (χ0v) is 14.5. The predicted molar refractivity (Wildman–Crippen MR) is 92.2 cm³/mol. The van der Waals surface area contributed by atoms with E-state index < -0.39 is 0 Å². The monoisotopic (exact) mass is 303 g/mol. The average molecular weight is 303 g/mol. The van der Waals surface area contributed by atoms with Crippen molar-refractivity contribution in [2.24, 2.45) is 5.92 Å². The molecular weight excluding hydrogens is 270 g/mol. The Bertz CT molecular complexity index is 437. The summed E-state index contributed by atoms with van der Waals surface area (Å²) in [5, 5.41) is 4.60. The van der Waals surface area contributed by atoms with Crippen LogP contribution in [0.4, 0.5) is 0 Å². The summed E-state index contributed by atoms with van der Waals surface area (Å²) in [6.45, 7) is 8.33. The highest BCUT2D eigenvalue weighted by Gasteiger charge is 2.22. The molecule has 1 aliphatic heterocycles. The molecule has 3 rings (SSSR count). The summed E-state index contributed by atoms with van der Waals surface area (Å²) in [6.07, 6.45) is 15.7. The lowest BCUT2D eigenvalue weighted by atomic mass is 9.87. The highest BCUT2D eigenvalue weighted by Crippen LogP contribution is 2.28. The fourth-order valence-corrected chi connectivity index (χ4v) is 4.10. The number of hydrogen-bond donors (Lipinski definition) is 0. The molecular formula is C19H33N3. The molecule has 1 saturated heterocycles. The van der Waals surface area contributed by atoms with E-state index in [1.54, 1.807) is 0 Å². The average Bonchev–Trinajstić information content (AvgIpc) is 3.05. The Balaban J connectivity index is 1.41. The van der Waals surface area contributed by atoms with Crippen molar-refractivity contribution in [1.82, 2.24) is 14.7 Å². The Labute approximate surface area is 136 Å². The van der Waals surface area contributed by atoms with Gasteiger partial charge in [0.2, 0.25) is 0 Å². The number of rotatable bonds is 5. The Kier molecular flexibility index (Phi) is 5.56. The maximum absolute atomic E-state index is 4.60. The van der Waals surface area contributed by atoms with Gasteiger partial charge >= 0.3 is 0 Å². The quantitative estimate of drug-likeness (QED) is 0.792. The van der Waals surface area contributed by atoms with Crippen LogP contribution in [-0.4, -0.2) is 34.3 Å². The van der Waals surface area contributed by atoms with Gasteiger partial charge in [-0.2, -0.15) is 5.10 Å². The number of aromatic nitrogens is 2. The van der Waals surface area contributed by atoms with E-state index in [4.69, 9.17) is 0 Å². The van der Waals surface area contributed by atoms with Gasteiger partial charge < -0.3 is 4.90 Å². The van der Waals surface area contributed by atoms with Crippen molar-refractivity contribution in [3.63, 3.8) is 0 Å². The number of likely N-dealkylation sites (tertiary alicyclic amines) is 1. The molecule has 0 radical (unpaired) electrons. The van der Waals surface area contributed by atoms with E-state index in [2.05, 4.69) is 40.9 Å². The molecule has 2 fully saturated rings. The molecule has 0 aromatic carbocycles. The second-order valence-electron chi connectivity index (χ2n) is 7.77. The Morgan fingerprint density at radius 3 is 2.45 bits per heavy atom. The van der Waals surface area contributed by atoms with Crippen LogP contribution in [0.2, 0.25) is 0 Å². The van der Waals surface area contributed by atoms with Gasteiger partial charge in [-0.3, -0.25) is 4.68 Å². The maximum atomic E-state index is 4.60. The van der Waals surface area contributed by atoms with Crippen LogP contribution in [0.3, 0.4) is 0 Å². The molecule has 0 atom stereocenters.